The molecule has 0 unspecified atom stereocenters. The van der Waals surface area contributed by atoms with Gasteiger partial charge in [0.2, 0.25) is 10.0 Å². The summed E-state index contributed by atoms with van der Waals surface area (Å²) < 4.78 is 26.1. The number of nitrogens with zero attached hydrogens (tertiary/aromatic N) is 1. The van der Waals surface area contributed by atoms with E-state index >= 15 is 0 Å². The van der Waals surface area contributed by atoms with E-state index < -0.39 is 15.9 Å². The van der Waals surface area contributed by atoms with Crippen molar-refractivity contribution in [1.29, 1.82) is 0 Å². The van der Waals surface area contributed by atoms with Crippen LogP contribution in [0.25, 0.3) is 0 Å². The molecule has 0 radical (unpaired) electrons. The maximum absolute atomic E-state index is 12.5. The lowest BCUT2D eigenvalue weighted by atomic mass is 10.2. The Bertz CT molecular complexity index is 916. The number of benzene rings is 2. The van der Waals surface area contributed by atoms with Crippen LogP contribution >= 0.6 is 11.6 Å². The topological polar surface area (TPSA) is 78.5 Å². The first kappa shape index (κ1) is 21.2. The van der Waals surface area contributed by atoms with Crippen LogP contribution in [-0.2, 0) is 10.0 Å². The van der Waals surface area contributed by atoms with E-state index in [4.69, 9.17) is 11.6 Å². The van der Waals surface area contributed by atoms with Crippen LogP contribution in [0.2, 0.25) is 5.02 Å². The second-order valence-electron chi connectivity index (χ2n) is 6.02. The molecule has 0 aliphatic rings. The molecule has 27 heavy (non-hydrogen) atoms. The van der Waals surface area contributed by atoms with Gasteiger partial charge in [-0.2, -0.15) is 0 Å². The van der Waals surface area contributed by atoms with Gasteiger partial charge in [0, 0.05) is 25.3 Å². The third-order valence-corrected chi connectivity index (χ3v) is 5.92. The maximum atomic E-state index is 12.5. The fourth-order valence-electron chi connectivity index (χ4n) is 2.66. The van der Waals surface area contributed by atoms with Crippen molar-refractivity contribution in [2.24, 2.45) is 0 Å². The molecule has 8 heteroatoms. The average Bonchev–Trinajstić information content (AvgIpc) is 2.65. The molecule has 0 bridgehead atoms. The van der Waals surface area contributed by atoms with Crippen molar-refractivity contribution in [3.63, 3.8) is 0 Å². The number of anilines is 1. The van der Waals surface area contributed by atoms with Crippen molar-refractivity contribution in [2.75, 3.05) is 31.6 Å². The van der Waals surface area contributed by atoms with E-state index in [-0.39, 0.29) is 15.5 Å². The number of aryl methyl sites for hydroxylation is 1. The average molecular weight is 410 g/mol. The lowest BCUT2D eigenvalue weighted by molar-refractivity contribution is 0.0954. The summed E-state index contributed by atoms with van der Waals surface area (Å²) in [5.74, 6) is -0.409. The number of carbonyl (C=O) groups is 1. The first-order chi connectivity index (χ1) is 12.8. The van der Waals surface area contributed by atoms with Crippen molar-refractivity contribution < 1.29 is 13.2 Å². The molecule has 2 rings (SSSR count). The summed E-state index contributed by atoms with van der Waals surface area (Å²) in [5.41, 5.74) is 2.39. The first-order valence-electron chi connectivity index (χ1n) is 8.61. The quantitative estimate of drug-likeness (QED) is 0.702. The zero-order valence-corrected chi connectivity index (χ0v) is 17.2. The Morgan fingerprint density at radius 3 is 2.56 bits per heavy atom. The van der Waals surface area contributed by atoms with Crippen molar-refractivity contribution in [3.05, 3.63) is 58.6 Å². The van der Waals surface area contributed by atoms with E-state index in [0.29, 0.717) is 13.1 Å². The molecule has 1 amide bonds. The van der Waals surface area contributed by atoms with E-state index in [1.807, 2.05) is 32.0 Å². The fourth-order valence-corrected chi connectivity index (χ4v) is 3.62. The number of hydrogen-bond acceptors (Lipinski definition) is 4. The van der Waals surface area contributed by atoms with Crippen molar-refractivity contribution >= 4 is 33.2 Å². The summed E-state index contributed by atoms with van der Waals surface area (Å²) in [6, 6.07) is 12.2. The predicted octanol–water partition coefficient (Wildman–Crippen LogP) is 2.81. The number of sulfonamides is 1. The number of nitrogens with one attached hydrogen (secondary N) is 2. The van der Waals surface area contributed by atoms with Crippen molar-refractivity contribution in [3.8, 4) is 0 Å². The molecule has 0 fully saturated rings. The number of halogens is 1. The van der Waals surface area contributed by atoms with Gasteiger partial charge in [0.15, 0.2) is 0 Å². The van der Waals surface area contributed by atoms with Crippen molar-refractivity contribution in [2.45, 2.75) is 18.7 Å². The van der Waals surface area contributed by atoms with E-state index in [1.54, 1.807) is 0 Å². The van der Waals surface area contributed by atoms with Gasteiger partial charge in [-0.1, -0.05) is 23.7 Å². The molecular formula is C19H24ClN3O3S. The van der Waals surface area contributed by atoms with E-state index in [1.165, 1.54) is 30.8 Å². The Kier molecular flexibility index (Phi) is 7.24. The molecule has 0 aromatic heterocycles. The third kappa shape index (κ3) is 5.45. The minimum atomic E-state index is -3.65. The van der Waals surface area contributed by atoms with Crippen LogP contribution in [-0.4, -0.2) is 41.0 Å². The standard InChI is InChI=1S/C19H24ClN3O3S/c1-4-23(15-7-5-6-14(2)12-15)11-10-22-19(24)17-13-16(8-9-18(17)20)27(25,26)21-3/h5-9,12-13,21H,4,10-11H2,1-3H3,(H,22,24). The third-order valence-electron chi connectivity index (χ3n) is 4.18. The van der Waals surface area contributed by atoms with Crippen LogP contribution < -0.4 is 14.9 Å². The summed E-state index contributed by atoms with van der Waals surface area (Å²) in [4.78, 5) is 14.6. The van der Waals surface area contributed by atoms with E-state index in [2.05, 4.69) is 21.0 Å². The lowest BCUT2D eigenvalue weighted by Gasteiger charge is -2.23. The summed E-state index contributed by atoms with van der Waals surface area (Å²) in [6.45, 7) is 5.91. The number of carbonyl (C=O) groups excluding carboxylic acids is 1. The van der Waals surface area contributed by atoms with Crippen LogP contribution in [0, 0.1) is 6.92 Å². The van der Waals surface area contributed by atoms with Crippen LogP contribution in [0.3, 0.4) is 0 Å². The Balaban J connectivity index is 2.06. The Labute approximate surface area is 165 Å². The number of amides is 1. The van der Waals surface area contributed by atoms with Gasteiger partial charge in [-0.3, -0.25) is 4.79 Å². The zero-order chi connectivity index (χ0) is 20.0. The molecule has 0 saturated heterocycles. The van der Waals surface area contributed by atoms with Gasteiger partial charge in [0.05, 0.1) is 15.5 Å². The van der Waals surface area contributed by atoms with Gasteiger partial charge >= 0.3 is 0 Å². The van der Waals surface area contributed by atoms with Gasteiger partial charge in [-0.25, -0.2) is 13.1 Å². The SMILES string of the molecule is CCN(CCNC(=O)c1cc(S(=O)(=O)NC)ccc1Cl)c1cccc(C)c1. The molecule has 0 saturated carbocycles. The molecule has 2 aromatic carbocycles. The van der Waals surface area contributed by atoms with Gasteiger partial charge in [0.1, 0.15) is 0 Å². The first-order valence-corrected chi connectivity index (χ1v) is 10.5. The molecule has 6 nitrogen and oxygen atoms in total. The fraction of sp³-hybridized carbons (Fsp3) is 0.316. The number of hydrogen-bond donors (Lipinski definition) is 2. The second-order valence-corrected chi connectivity index (χ2v) is 8.32. The molecule has 0 aliphatic carbocycles. The van der Waals surface area contributed by atoms with Crippen LogP contribution in [0.4, 0.5) is 5.69 Å². The van der Waals surface area contributed by atoms with E-state index in [9.17, 15) is 13.2 Å². The molecular weight excluding hydrogens is 386 g/mol. The Morgan fingerprint density at radius 2 is 1.93 bits per heavy atom. The van der Waals surface area contributed by atoms with Crippen molar-refractivity contribution in [1.82, 2.24) is 10.0 Å². The summed E-state index contributed by atoms with van der Waals surface area (Å²) in [7, 11) is -2.33. The molecule has 2 N–H and O–H groups in total. The highest BCUT2D eigenvalue weighted by atomic mass is 35.5. The largest absolute Gasteiger partial charge is 0.370 e. The molecule has 2 aromatic rings. The zero-order valence-electron chi connectivity index (χ0n) is 15.6. The number of likely N-dealkylation sites (N-methyl/N-ethyl adjacent to an activating group) is 1. The molecule has 0 aliphatic heterocycles. The second kappa shape index (κ2) is 9.21. The van der Waals surface area contributed by atoms with Gasteiger partial charge in [-0.15, -0.1) is 0 Å². The minimum Gasteiger partial charge on any atom is -0.370 e. The molecule has 0 spiro atoms. The van der Waals surface area contributed by atoms with Crippen LogP contribution in [0.15, 0.2) is 47.4 Å². The highest BCUT2D eigenvalue weighted by Crippen LogP contribution is 2.20. The smallest absolute Gasteiger partial charge is 0.252 e. The highest BCUT2D eigenvalue weighted by molar-refractivity contribution is 7.89. The van der Waals surface area contributed by atoms with Gasteiger partial charge in [0.25, 0.3) is 5.91 Å². The minimum absolute atomic E-state index is 0.00510. The van der Waals surface area contributed by atoms with Crippen LogP contribution in [0.1, 0.15) is 22.8 Å². The Morgan fingerprint density at radius 1 is 1.19 bits per heavy atom. The molecule has 146 valence electrons. The molecule has 0 heterocycles. The van der Waals surface area contributed by atoms with E-state index in [0.717, 1.165) is 12.2 Å². The monoisotopic (exact) mass is 409 g/mol. The van der Waals surface area contributed by atoms with Gasteiger partial charge < -0.3 is 10.2 Å². The molecule has 0 atom stereocenters. The number of rotatable bonds is 8. The Hall–Kier alpha value is -2.09. The summed E-state index contributed by atoms with van der Waals surface area (Å²) in [5, 5.41) is 3.01. The summed E-state index contributed by atoms with van der Waals surface area (Å²) >= 11 is 6.08. The van der Waals surface area contributed by atoms with Gasteiger partial charge in [-0.05, 0) is 56.8 Å². The predicted molar refractivity (Wildman–Crippen MR) is 109 cm³/mol. The normalized spacial score (nSPS) is 11.3. The summed E-state index contributed by atoms with van der Waals surface area (Å²) in [6.07, 6.45) is 0. The maximum Gasteiger partial charge on any atom is 0.252 e. The highest BCUT2D eigenvalue weighted by Gasteiger charge is 2.17. The van der Waals surface area contributed by atoms with Crippen LogP contribution in [0.5, 0.6) is 0 Å². The lowest BCUT2D eigenvalue weighted by Crippen LogP contribution is -2.35.